The maximum absolute atomic E-state index is 4.85. The summed E-state index contributed by atoms with van der Waals surface area (Å²) in [7, 11) is 9.66. The van der Waals surface area contributed by atoms with E-state index in [4.69, 9.17) is 19.4 Å². The van der Waals surface area contributed by atoms with E-state index in [2.05, 4.69) is 45.0 Å². The molecule has 0 unspecified atom stereocenters. The summed E-state index contributed by atoms with van der Waals surface area (Å²) in [4.78, 5) is 0. The molecule has 4 heteroatoms. The number of benzene rings is 1. The van der Waals surface area contributed by atoms with Gasteiger partial charge in [0.15, 0.2) is 0 Å². The molecule has 0 atom stereocenters. The van der Waals surface area contributed by atoms with E-state index in [-0.39, 0.29) is 30.5 Å². The molecule has 0 heterocycles. The number of rotatable bonds is 4. The van der Waals surface area contributed by atoms with Gasteiger partial charge in [0.1, 0.15) is 0 Å². The molecule has 3 saturated carbocycles. The molecule has 33 heavy (non-hydrogen) atoms. The predicted octanol–water partition coefficient (Wildman–Crippen LogP) is 11.1. The van der Waals surface area contributed by atoms with Gasteiger partial charge >= 0.3 is 34.5 Å². The number of aryl methyl sites for hydroxylation is 1. The molecular formula is C29H51Cl2PRu. The Hall–Kier alpha value is 0.853. The topological polar surface area (TPSA) is 0 Å². The Balaban J connectivity index is 0.000000330. The van der Waals surface area contributed by atoms with Gasteiger partial charge in [-0.3, -0.25) is 0 Å². The van der Waals surface area contributed by atoms with Crippen molar-refractivity contribution in [1.82, 2.24) is 0 Å². The SMILES string of the molecule is C1CCC([PH+](C2CCCCC2)C2CCCCC2)CC1.Cc1ccc(C(C)C)cc1.[CH3-].[Cl][Ru][Cl]. The average molecular weight is 603 g/mol. The van der Waals surface area contributed by atoms with Crippen molar-refractivity contribution in [2.24, 2.45) is 0 Å². The Morgan fingerprint density at radius 1 is 0.667 bits per heavy atom. The fraction of sp³-hybridized carbons (Fsp3) is 0.759. The Morgan fingerprint density at radius 2 is 0.970 bits per heavy atom. The van der Waals surface area contributed by atoms with Crippen molar-refractivity contribution in [2.75, 3.05) is 0 Å². The summed E-state index contributed by atoms with van der Waals surface area (Å²) in [6.07, 6.45) is 23.8. The van der Waals surface area contributed by atoms with Gasteiger partial charge in [-0.25, -0.2) is 0 Å². The van der Waals surface area contributed by atoms with Gasteiger partial charge in [0.2, 0.25) is 0 Å². The molecule has 0 radical (unpaired) electrons. The molecule has 1 aromatic rings. The molecule has 0 nitrogen and oxygen atoms in total. The molecule has 1 aromatic carbocycles. The zero-order chi connectivity index (χ0) is 23.2. The minimum atomic E-state index is -0.346. The first kappa shape index (κ1) is 31.9. The standard InChI is InChI=1S/C18H33P.C10H14.CH3.2ClH.Ru/c1-4-10-16(11-5-1)19(17-12-6-2-7-13-17)18-14-8-3-9-15-18;1-8(2)10-6-4-9(3)5-7-10;;;;/h16-18H,1-15H2;4-8H,1-3H3;1H3;2*1H;/q;;-1;;;+2/p-1. The third kappa shape index (κ3) is 12.1. The summed E-state index contributed by atoms with van der Waals surface area (Å²) in [5.41, 5.74) is 6.44. The van der Waals surface area contributed by atoms with Crippen LogP contribution >= 0.6 is 27.3 Å². The first-order valence-electron chi connectivity index (χ1n) is 13.3. The quantitative estimate of drug-likeness (QED) is 0.183. The summed E-state index contributed by atoms with van der Waals surface area (Å²) in [5.74, 6) is 0.653. The fourth-order valence-corrected chi connectivity index (χ4v) is 11.5. The van der Waals surface area contributed by atoms with Crippen LogP contribution in [0.1, 0.15) is 127 Å². The van der Waals surface area contributed by atoms with Gasteiger partial charge in [0.25, 0.3) is 0 Å². The van der Waals surface area contributed by atoms with Gasteiger partial charge in [0, 0.05) is 7.92 Å². The number of hydrogen-bond acceptors (Lipinski definition) is 0. The van der Waals surface area contributed by atoms with Crippen LogP contribution in [-0.4, -0.2) is 17.0 Å². The summed E-state index contributed by atoms with van der Waals surface area (Å²) < 4.78 is 0. The van der Waals surface area contributed by atoms with E-state index in [1.807, 2.05) is 0 Å². The van der Waals surface area contributed by atoms with E-state index in [1.165, 1.54) is 28.1 Å². The molecule has 3 aliphatic carbocycles. The molecular weight excluding hydrogens is 551 g/mol. The van der Waals surface area contributed by atoms with Crippen molar-refractivity contribution in [3.05, 3.63) is 42.8 Å². The Bertz CT molecular complexity index is 531. The van der Waals surface area contributed by atoms with Crippen molar-refractivity contribution < 1.29 is 15.1 Å². The normalized spacial score (nSPS) is 20.5. The predicted molar refractivity (Wildman–Crippen MR) is 152 cm³/mol. The molecule has 4 rings (SSSR count). The van der Waals surface area contributed by atoms with Gasteiger partial charge in [0.05, 0.1) is 17.0 Å². The van der Waals surface area contributed by atoms with Crippen LogP contribution in [0.3, 0.4) is 0 Å². The number of hydrogen-bond donors (Lipinski definition) is 0. The van der Waals surface area contributed by atoms with Crippen LogP contribution in [0.4, 0.5) is 0 Å². The van der Waals surface area contributed by atoms with Crippen LogP contribution in [0.5, 0.6) is 0 Å². The van der Waals surface area contributed by atoms with E-state index in [1.54, 1.807) is 96.3 Å². The van der Waals surface area contributed by atoms with Crippen molar-refractivity contribution in [1.29, 1.82) is 0 Å². The first-order valence-corrected chi connectivity index (χ1v) is 19.6. The van der Waals surface area contributed by atoms with Gasteiger partial charge in [-0.2, -0.15) is 0 Å². The molecule has 0 spiro atoms. The third-order valence-corrected chi connectivity index (χ3v) is 12.5. The van der Waals surface area contributed by atoms with Crippen LogP contribution in [-0.2, 0) is 15.1 Å². The van der Waals surface area contributed by atoms with Crippen LogP contribution < -0.4 is 0 Å². The van der Waals surface area contributed by atoms with E-state index in [9.17, 15) is 0 Å². The molecule has 0 amide bonds. The van der Waals surface area contributed by atoms with E-state index in [0.717, 1.165) is 0 Å². The monoisotopic (exact) mass is 602 g/mol. The first-order chi connectivity index (χ1) is 15.6. The van der Waals surface area contributed by atoms with E-state index >= 15 is 0 Å². The molecule has 0 aromatic heterocycles. The van der Waals surface area contributed by atoms with Crippen molar-refractivity contribution in [3.63, 3.8) is 0 Å². The Kier molecular flexibility index (Phi) is 18.4. The zero-order valence-corrected chi connectivity index (χ0v) is 26.1. The maximum atomic E-state index is 4.85. The fourth-order valence-electron chi connectivity index (χ4n) is 6.26. The van der Waals surface area contributed by atoms with Crippen molar-refractivity contribution in [3.8, 4) is 0 Å². The summed E-state index contributed by atoms with van der Waals surface area (Å²) in [6, 6.07) is 8.71. The second-order valence-corrected chi connectivity index (χ2v) is 16.7. The second kappa shape index (κ2) is 19.0. The molecule has 3 fully saturated rings. The van der Waals surface area contributed by atoms with Gasteiger partial charge in [-0.15, -0.1) is 0 Å². The van der Waals surface area contributed by atoms with Crippen LogP contribution in [0.2, 0.25) is 0 Å². The molecule has 194 valence electrons. The van der Waals surface area contributed by atoms with Crippen molar-refractivity contribution in [2.45, 2.75) is 140 Å². The summed E-state index contributed by atoms with van der Waals surface area (Å²) in [6.45, 7) is 6.54. The van der Waals surface area contributed by atoms with E-state index in [0.29, 0.717) is 5.92 Å². The molecule has 0 N–H and O–H groups in total. The van der Waals surface area contributed by atoms with Gasteiger partial charge in [-0.05, 0) is 95.5 Å². The van der Waals surface area contributed by atoms with Crippen LogP contribution in [0.15, 0.2) is 24.3 Å². The molecule has 3 aliphatic rings. The summed E-state index contributed by atoms with van der Waals surface area (Å²) in [5, 5.41) is 0. The van der Waals surface area contributed by atoms with Crippen molar-refractivity contribution >= 4 is 27.3 Å². The van der Waals surface area contributed by atoms with E-state index < -0.39 is 0 Å². The third-order valence-electron chi connectivity index (χ3n) is 7.97. The van der Waals surface area contributed by atoms with Crippen LogP contribution in [0, 0.1) is 14.4 Å². The van der Waals surface area contributed by atoms with Gasteiger partial charge < -0.3 is 7.43 Å². The molecule has 0 saturated heterocycles. The minimum absolute atomic E-state index is 0. The zero-order valence-electron chi connectivity index (χ0n) is 21.8. The average Bonchev–Trinajstić information content (AvgIpc) is 2.83. The van der Waals surface area contributed by atoms with Crippen LogP contribution in [0.25, 0.3) is 0 Å². The number of halogens is 2. The molecule has 0 bridgehead atoms. The second-order valence-electron chi connectivity index (χ2n) is 10.6. The molecule has 0 aliphatic heterocycles. The summed E-state index contributed by atoms with van der Waals surface area (Å²) >= 11 is -0.346. The van der Waals surface area contributed by atoms with Gasteiger partial charge in [-0.1, -0.05) is 62.9 Å². The Labute approximate surface area is 224 Å². The Morgan fingerprint density at radius 3 is 1.24 bits per heavy atom.